The van der Waals surface area contributed by atoms with Crippen molar-refractivity contribution >= 4 is 17.0 Å². The van der Waals surface area contributed by atoms with Crippen molar-refractivity contribution in [1.82, 2.24) is 4.98 Å². The van der Waals surface area contributed by atoms with Gasteiger partial charge in [0.25, 0.3) is 0 Å². The Morgan fingerprint density at radius 2 is 1.73 bits per heavy atom. The molecule has 2 heterocycles. The molecule has 1 aliphatic heterocycles. The Hall–Kier alpha value is -4.45. The van der Waals surface area contributed by atoms with Crippen LogP contribution in [0.15, 0.2) is 91.1 Å². The SMILES string of the molecule is CC1=C(c2cccc(O)c2)C(c2ccc(OC[C@H](C)N(C)c3ccccn3)cc2)Oc2ccc(O)cc21. The molecular formula is C31H30N2O4. The van der Waals surface area contributed by atoms with Crippen LogP contribution in [0.5, 0.6) is 23.0 Å². The average Bonchev–Trinajstić information content (AvgIpc) is 2.92. The molecule has 6 nitrogen and oxygen atoms in total. The summed E-state index contributed by atoms with van der Waals surface area (Å²) in [5.41, 5.74) is 4.58. The van der Waals surface area contributed by atoms with Crippen LogP contribution in [-0.2, 0) is 0 Å². The highest BCUT2D eigenvalue weighted by Crippen LogP contribution is 2.47. The minimum absolute atomic E-state index is 0.132. The van der Waals surface area contributed by atoms with Crippen molar-refractivity contribution in [3.8, 4) is 23.0 Å². The summed E-state index contributed by atoms with van der Waals surface area (Å²) in [7, 11) is 2.01. The van der Waals surface area contributed by atoms with Gasteiger partial charge in [-0.2, -0.15) is 0 Å². The Kier molecular flexibility index (Phi) is 6.73. The van der Waals surface area contributed by atoms with E-state index in [4.69, 9.17) is 9.47 Å². The second-order valence-corrected chi connectivity index (χ2v) is 9.30. The number of aromatic nitrogens is 1. The zero-order valence-electron chi connectivity index (χ0n) is 21.1. The van der Waals surface area contributed by atoms with Crippen molar-refractivity contribution in [1.29, 1.82) is 0 Å². The van der Waals surface area contributed by atoms with E-state index in [1.54, 1.807) is 36.5 Å². The van der Waals surface area contributed by atoms with E-state index in [1.807, 2.05) is 68.6 Å². The number of rotatable bonds is 7. The van der Waals surface area contributed by atoms with Crippen LogP contribution in [0.4, 0.5) is 5.82 Å². The van der Waals surface area contributed by atoms with Crippen molar-refractivity contribution < 1.29 is 19.7 Å². The quantitative estimate of drug-likeness (QED) is 0.307. The molecule has 1 aliphatic rings. The molecule has 6 heteroatoms. The third-order valence-electron chi connectivity index (χ3n) is 6.78. The molecule has 188 valence electrons. The van der Waals surface area contributed by atoms with Crippen LogP contribution in [-0.4, -0.2) is 34.9 Å². The first kappa shape index (κ1) is 24.3. The number of hydrogen-bond donors (Lipinski definition) is 2. The molecule has 1 aromatic heterocycles. The number of anilines is 1. The number of nitrogens with zero attached hydrogens (tertiary/aromatic N) is 2. The Morgan fingerprint density at radius 1 is 0.946 bits per heavy atom. The molecule has 0 saturated heterocycles. The normalized spacial score (nSPS) is 15.5. The Morgan fingerprint density at radius 3 is 2.46 bits per heavy atom. The third kappa shape index (κ3) is 5.09. The van der Waals surface area contributed by atoms with E-state index in [-0.39, 0.29) is 23.6 Å². The van der Waals surface area contributed by atoms with Crippen LogP contribution in [0.2, 0.25) is 0 Å². The summed E-state index contributed by atoms with van der Waals surface area (Å²) >= 11 is 0. The molecule has 2 atom stereocenters. The second-order valence-electron chi connectivity index (χ2n) is 9.30. The maximum absolute atomic E-state index is 10.2. The highest BCUT2D eigenvalue weighted by molar-refractivity contribution is 5.95. The molecule has 4 aromatic rings. The molecule has 3 aromatic carbocycles. The van der Waals surface area contributed by atoms with Gasteiger partial charge in [-0.1, -0.05) is 30.3 Å². The minimum atomic E-state index is -0.387. The van der Waals surface area contributed by atoms with Crippen LogP contribution in [0.3, 0.4) is 0 Å². The number of allylic oxidation sites excluding steroid dienone is 1. The first-order chi connectivity index (χ1) is 17.9. The molecule has 0 aliphatic carbocycles. The number of pyridine rings is 1. The lowest BCUT2D eigenvalue weighted by molar-refractivity contribution is 0.259. The number of phenolic OH excluding ortho intramolecular Hbond substituents is 2. The fourth-order valence-electron chi connectivity index (χ4n) is 4.57. The predicted molar refractivity (Wildman–Crippen MR) is 146 cm³/mol. The number of aromatic hydroxyl groups is 2. The average molecular weight is 495 g/mol. The molecule has 2 N–H and O–H groups in total. The van der Waals surface area contributed by atoms with Crippen LogP contribution in [0.25, 0.3) is 11.1 Å². The molecule has 0 amide bonds. The summed E-state index contributed by atoms with van der Waals surface area (Å²) in [6, 6.07) is 26.2. The Labute approximate surface area is 217 Å². The van der Waals surface area contributed by atoms with Crippen molar-refractivity contribution in [2.24, 2.45) is 0 Å². The molecule has 0 radical (unpaired) electrons. The number of likely N-dealkylation sites (N-methyl/N-ethyl adjacent to an activating group) is 1. The highest BCUT2D eigenvalue weighted by Gasteiger charge is 2.29. The van der Waals surface area contributed by atoms with Gasteiger partial charge in [-0.25, -0.2) is 4.98 Å². The van der Waals surface area contributed by atoms with Gasteiger partial charge in [-0.15, -0.1) is 0 Å². The second kappa shape index (κ2) is 10.3. The van der Waals surface area contributed by atoms with E-state index >= 15 is 0 Å². The van der Waals surface area contributed by atoms with Crippen molar-refractivity contribution in [3.05, 3.63) is 108 Å². The van der Waals surface area contributed by atoms with Gasteiger partial charge in [0.2, 0.25) is 0 Å². The van der Waals surface area contributed by atoms with Crippen molar-refractivity contribution in [2.75, 3.05) is 18.6 Å². The van der Waals surface area contributed by atoms with E-state index in [1.165, 1.54) is 0 Å². The van der Waals surface area contributed by atoms with Crippen molar-refractivity contribution in [2.45, 2.75) is 26.0 Å². The van der Waals surface area contributed by atoms with Crippen LogP contribution >= 0.6 is 0 Å². The topological polar surface area (TPSA) is 75.1 Å². The number of ether oxygens (including phenoxy) is 2. The number of hydrogen-bond acceptors (Lipinski definition) is 6. The van der Waals surface area contributed by atoms with Crippen molar-refractivity contribution in [3.63, 3.8) is 0 Å². The zero-order valence-corrected chi connectivity index (χ0v) is 21.1. The summed E-state index contributed by atoms with van der Waals surface area (Å²) in [6.07, 6.45) is 1.40. The van der Waals surface area contributed by atoms with E-state index in [0.29, 0.717) is 12.4 Å². The van der Waals surface area contributed by atoms with E-state index in [9.17, 15) is 10.2 Å². The lowest BCUT2D eigenvalue weighted by Crippen LogP contribution is -2.34. The van der Waals surface area contributed by atoms with Gasteiger partial charge >= 0.3 is 0 Å². The predicted octanol–water partition coefficient (Wildman–Crippen LogP) is 6.46. The molecule has 1 unspecified atom stereocenters. The largest absolute Gasteiger partial charge is 0.508 e. The Balaban J connectivity index is 1.39. The summed E-state index contributed by atoms with van der Waals surface area (Å²) in [6.45, 7) is 4.63. The fraction of sp³-hybridized carbons (Fsp3) is 0.194. The molecule has 0 fully saturated rings. The standard InChI is InChI=1S/C31H30N2O4/c1-20(33(3)29-9-4-5-16-32-29)19-36-26-13-10-22(11-14-26)31-30(23-7-6-8-24(34)17-23)21(2)27-18-25(35)12-15-28(27)37-31/h4-18,20,31,34-35H,19H2,1-3H3/t20-,31?/m0/s1. The van der Waals surface area contributed by atoms with Crippen LogP contribution in [0.1, 0.15) is 36.6 Å². The Bertz CT molecular complexity index is 1420. The minimum Gasteiger partial charge on any atom is -0.508 e. The molecular weight excluding hydrogens is 464 g/mol. The number of benzene rings is 3. The first-order valence-electron chi connectivity index (χ1n) is 12.3. The highest BCUT2D eigenvalue weighted by atomic mass is 16.5. The summed E-state index contributed by atoms with van der Waals surface area (Å²) in [5.74, 6) is 2.74. The molecule has 5 rings (SSSR count). The van der Waals surface area contributed by atoms with Gasteiger partial charge in [-0.05, 0) is 85.1 Å². The summed E-state index contributed by atoms with van der Waals surface area (Å²) < 4.78 is 12.6. The van der Waals surface area contributed by atoms with Gasteiger partial charge in [-0.3, -0.25) is 0 Å². The van der Waals surface area contributed by atoms with Gasteiger partial charge < -0.3 is 24.6 Å². The maximum atomic E-state index is 10.2. The fourth-order valence-corrected chi connectivity index (χ4v) is 4.57. The molecule has 0 bridgehead atoms. The van der Waals surface area contributed by atoms with Gasteiger partial charge in [0.05, 0.1) is 6.04 Å². The molecule has 37 heavy (non-hydrogen) atoms. The third-order valence-corrected chi connectivity index (χ3v) is 6.78. The molecule has 0 saturated carbocycles. The van der Waals surface area contributed by atoms with Crippen LogP contribution < -0.4 is 14.4 Å². The lowest BCUT2D eigenvalue weighted by atomic mass is 9.86. The van der Waals surface area contributed by atoms with E-state index in [2.05, 4.69) is 16.8 Å². The molecule has 0 spiro atoms. The lowest BCUT2D eigenvalue weighted by Gasteiger charge is -2.31. The smallest absolute Gasteiger partial charge is 0.150 e. The van der Waals surface area contributed by atoms with E-state index < -0.39 is 0 Å². The first-order valence-corrected chi connectivity index (χ1v) is 12.3. The van der Waals surface area contributed by atoms with Gasteiger partial charge in [0, 0.05) is 24.4 Å². The maximum Gasteiger partial charge on any atom is 0.150 e. The summed E-state index contributed by atoms with van der Waals surface area (Å²) in [5, 5.41) is 20.2. The van der Waals surface area contributed by atoms with E-state index in [0.717, 1.165) is 39.4 Å². The number of fused-ring (bicyclic) bond motifs is 1. The zero-order chi connectivity index (χ0) is 25.9. The van der Waals surface area contributed by atoms with Gasteiger partial charge in [0.15, 0.2) is 0 Å². The van der Waals surface area contributed by atoms with Gasteiger partial charge in [0.1, 0.15) is 41.5 Å². The van der Waals surface area contributed by atoms with Crippen LogP contribution in [0, 0.1) is 0 Å². The number of phenols is 2. The monoisotopic (exact) mass is 494 g/mol. The summed E-state index contributed by atoms with van der Waals surface area (Å²) in [4.78, 5) is 6.50.